The zero-order chi connectivity index (χ0) is 24.0. The first-order valence-electron chi connectivity index (χ1n) is 10.2. The zero-order valence-electron chi connectivity index (χ0n) is 18.1. The van der Waals surface area contributed by atoms with Crippen LogP contribution in [0, 0.1) is 5.82 Å². The number of amides is 3. The number of nitrogens with zero attached hydrogens (tertiary/aromatic N) is 2. The summed E-state index contributed by atoms with van der Waals surface area (Å²) in [6.45, 7) is 4.28. The van der Waals surface area contributed by atoms with Gasteiger partial charge in [-0.25, -0.2) is 14.2 Å². The maximum Gasteiger partial charge on any atom is 0.322 e. The molecule has 174 valence electrons. The van der Waals surface area contributed by atoms with Gasteiger partial charge in [0.1, 0.15) is 16.5 Å². The quantitative estimate of drug-likeness (QED) is 0.391. The Bertz CT molecular complexity index is 1140. The van der Waals surface area contributed by atoms with Crippen LogP contribution in [0.5, 0.6) is 0 Å². The summed E-state index contributed by atoms with van der Waals surface area (Å²) in [6.07, 6.45) is 0.552. The second kappa shape index (κ2) is 11.4. The number of para-hydroxylation sites is 1. The van der Waals surface area contributed by atoms with Crippen molar-refractivity contribution in [2.24, 2.45) is 0 Å². The van der Waals surface area contributed by atoms with Crippen LogP contribution in [0.15, 0.2) is 47.8 Å². The van der Waals surface area contributed by atoms with Crippen molar-refractivity contribution < 1.29 is 14.0 Å². The average Bonchev–Trinajstić information content (AvgIpc) is 3.24. The van der Waals surface area contributed by atoms with Crippen LogP contribution in [0.2, 0.25) is 10.0 Å². The summed E-state index contributed by atoms with van der Waals surface area (Å²) in [4.78, 5) is 31.1. The molecule has 0 bridgehead atoms. The molecule has 1 aromatic heterocycles. The zero-order valence-corrected chi connectivity index (χ0v) is 20.4. The number of urea groups is 1. The molecule has 3 aromatic rings. The molecule has 0 radical (unpaired) electrons. The molecule has 0 spiro atoms. The third-order valence-corrected chi connectivity index (χ3v) is 6.21. The van der Waals surface area contributed by atoms with Crippen LogP contribution in [0.4, 0.5) is 14.9 Å². The Morgan fingerprint density at radius 2 is 1.94 bits per heavy atom. The van der Waals surface area contributed by atoms with E-state index < -0.39 is 11.8 Å². The molecular formula is C23H23Cl2FN4O2S. The van der Waals surface area contributed by atoms with Crippen molar-refractivity contribution in [3.8, 4) is 0 Å². The predicted octanol–water partition coefficient (Wildman–Crippen LogP) is 6.00. The number of carbonyl (C=O) groups is 2. The number of benzene rings is 2. The summed E-state index contributed by atoms with van der Waals surface area (Å²) >= 11 is 13.3. The minimum absolute atomic E-state index is 0.105. The molecule has 3 rings (SSSR count). The van der Waals surface area contributed by atoms with E-state index in [9.17, 15) is 14.0 Å². The van der Waals surface area contributed by atoms with Crippen molar-refractivity contribution in [2.75, 3.05) is 11.9 Å². The molecule has 10 heteroatoms. The van der Waals surface area contributed by atoms with Crippen LogP contribution < -0.4 is 10.6 Å². The molecule has 2 N–H and O–H groups in total. The van der Waals surface area contributed by atoms with Crippen LogP contribution in [-0.2, 0) is 13.0 Å². The molecule has 33 heavy (non-hydrogen) atoms. The van der Waals surface area contributed by atoms with E-state index in [0.717, 1.165) is 5.56 Å². The number of nitrogens with one attached hydrogen (secondary N) is 2. The van der Waals surface area contributed by atoms with Gasteiger partial charge in [0.05, 0.1) is 12.2 Å². The Morgan fingerprint density at radius 3 is 2.64 bits per heavy atom. The van der Waals surface area contributed by atoms with E-state index in [2.05, 4.69) is 15.6 Å². The number of rotatable bonds is 8. The first-order chi connectivity index (χ1) is 15.7. The minimum Gasteiger partial charge on any atom is -0.350 e. The van der Waals surface area contributed by atoms with E-state index in [1.165, 1.54) is 28.4 Å². The Hall–Kier alpha value is -2.68. The highest BCUT2D eigenvalue weighted by molar-refractivity contribution is 7.09. The van der Waals surface area contributed by atoms with Crippen molar-refractivity contribution in [3.63, 3.8) is 0 Å². The molecule has 0 atom stereocenters. The van der Waals surface area contributed by atoms with Gasteiger partial charge in [0.15, 0.2) is 0 Å². The van der Waals surface area contributed by atoms with Gasteiger partial charge in [-0.3, -0.25) is 4.79 Å². The van der Waals surface area contributed by atoms with Crippen LogP contribution >= 0.6 is 34.5 Å². The van der Waals surface area contributed by atoms with Crippen molar-refractivity contribution in [1.29, 1.82) is 0 Å². The monoisotopic (exact) mass is 508 g/mol. The lowest BCUT2D eigenvalue weighted by atomic mass is 10.1. The molecule has 0 saturated carbocycles. The molecule has 2 aromatic carbocycles. The molecule has 0 saturated heterocycles. The largest absolute Gasteiger partial charge is 0.350 e. The van der Waals surface area contributed by atoms with E-state index in [0.29, 0.717) is 28.0 Å². The Kier molecular flexibility index (Phi) is 8.66. The average molecular weight is 509 g/mol. The summed E-state index contributed by atoms with van der Waals surface area (Å²) in [6, 6.07) is 10.6. The lowest BCUT2D eigenvalue weighted by Crippen LogP contribution is -2.39. The van der Waals surface area contributed by atoms with Crippen LogP contribution in [0.25, 0.3) is 0 Å². The maximum atomic E-state index is 13.9. The fraction of sp³-hybridized carbons (Fsp3) is 0.261. The van der Waals surface area contributed by atoms with Crippen LogP contribution in [0.1, 0.15) is 34.9 Å². The lowest BCUT2D eigenvalue weighted by Gasteiger charge is -2.26. The molecule has 6 nitrogen and oxygen atoms in total. The number of hydrogen-bond acceptors (Lipinski definition) is 4. The first-order valence-corrected chi connectivity index (χ1v) is 11.9. The van der Waals surface area contributed by atoms with Gasteiger partial charge in [-0.05, 0) is 50.1 Å². The molecule has 0 aliphatic heterocycles. The van der Waals surface area contributed by atoms with Crippen molar-refractivity contribution in [1.82, 2.24) is 15.2 Å². The van der Waals surface area contributed by atoms with E-state index in [-0.39, 0.29) is 29.9 Å². The van der Waals surface area contributed by atoms with Gasteiger partial charge >= 0.3 is 6.03 Å². The first kappa shape index (κ1) is 25.0. The van der Waals surface area contributed by atoms with Gasteiger partial charge in [0.25, 0.3) is 5.91 Å². The molecular weight excluding hydrogens is 486 g/mol. The minimum atomic E-state index is -0.511. The summed E-state index contributed by atoms with van der Waals surface area (Å²) in [5.41, 5.74) is 1.26. The highest BCUT2D eigenvalue weighted by Crippen LogP contribution is 2.21. The second-order valence-corrected chi connectivity index (χ2v) is 9.29. The van der Waals surface area contributed by atoms with E-state index in [1.807, 2.05) is 19.9 Å². The van der Waals surface area contributed by atoms with Crippen LogP contribution in [0.3, 0.4) is 0 Å². The smallest absolute Gasteiger partial charge is 0.322 e. The van der Waals surface area contributed by atoms with Gasteiger partial charge in [0.2, 0.25) is 0 Å². The summed E-state index contributed by atoms with van der Waals surface area (Å²) in [7, 11) is 0. The Labute approximate surface area is 205 Å². The van der Waals surface area contributed by atoms with Crippen LogP contribution in [-0.4, -0.2) is 34.4 Å². The third kappa shape index (κ3) is 6.90. The molecule has 1 heterocycles. The number of carbonyl (C=O) groups excluding carboxylic acids is 2. The van der Waals surface area contributed by atoms with Gasteiger partial charge in [-0.15, -0.1) is 11.3 Å². The SMILES string of the molecule is CC(C)N(Cc1nc(C(=O)NCCc2ccc(Cl)cc2Cl)cs1)C(=O)Nc1ccccc1F. The number of hydrogen-bond donors (Lipinski definition) is 2. The lowest BCUT2D eigenvalue weighted by molar-refractivity contribution is 0.0949. The predicted molar refractivity (Wildman–Crippen MR) is 131 cm³/mol. The molecule has 0 unspecified atom stereocenters. The molecule has 0 aliphatic rings. The Morgan fingerprint density at radius 1 is 1.18 bits per heavy atom. The number of aromatic nitrogens is 1. The van der Waals surface area contributed by atoms with Crippen molar-refractivity contribution in [3.05, 3.63) is 80.0 Å². The number of halogens is 3. The summed E-state index contributed by atoms with van der Waals surface area (Å²) in [5, 5.41) is 8.75. The van der Waals surface area contributed by atoms with Gasteiger partial charge < -0.3 is 15.5 Å². The third-order valence-electron chi connectivity index (χ3n) is 4.78. The number of anilines is 1. The molecule has 0 aliphatic carbocycles. The highest BCUT2D eigenvalue weighted by atomic mass is 35.5. The normalized spacial score (nSPS) is 10.8. The van der Waals surface area contributed by atoms with E-state index in [4.69, 9.17) is 23.2 Å². The second-order valence-electron chi connectivity index (χ2n) is 7.50. The van der Waals surface area contributed by atoms with Gasteiger partial charge in [0, 0.05) is 28.0 Å². The van der Waals surface area contributed by atoms with Crippen molar-refractivity contribution >= 4 is 52.2 Å². The van der Waals surface area contributed by atoms with Gasteiger partial charge in [-0.2, -0.15) is 0 Å². The fourth-order valence-electron chi connectivity index (χ4n) is 3.00. The van der Waals surface area contributed by atoms with E-state index in [1.54, 1.807) is 29.6 Å². The number of thiazole rings is 1. The standard InChI is InChI=1S/C23H23Cl2FN4O2S/c1-14(2)30(23(32)29-19-6-4-3-5-18(19)26)12-21-28-20(13-33-21)22(31)27-10-9-15-7-8-16(24)11-17(15)25/h3-8,11,13-14H,9-10,12H2,1-2H3,(H,27,31)(H,29,32). The Balaban J connectivity index is 1.57. The van der Waals surface area contributed by atoms with Crippen molar-refractivity contribution in [2.45, 2.75) is 32.9 Å². The van der Waals surface area contributed by atoms with E-state index >= 15 is 0 Å². The maximum absolute atomic E-state index is 13.9. The van der Waals surface area contributed by atoms with Gasteiger partial charge in [-0.1, -0.05) is 41.4 Å². The fourth-order valence-corrected chi connectivity index (χ4v) is 4.27. The summed E-state index contributed by atoms with van der Waals surface area (Å²) in [5.74, 6) is -0.822. The molecule has 3 amide bonds. The summed E-state index contributed by atoms with van der Waals surface area (Å²) < 4.78 is 13.9. The highest BCUT2D eigenvalue weighted by Gasteiger charge is 2.21. The molecule has 0 fully saturated rings. The topological polar surface area (TPSA) is 74.3 Å².